The number of anilines is 1. The van der Waals surface area contributed by atoms with Gasteiger partial charge in [-0.05, 0) is 25.3 Å². The van der Waals surface area contributed by atoms with Gasteiger partial charge in [-0.1, -0.05) is 13.8 Å². The topological polar surface area (TPSA) is 55.0 Å². The van der Waals surface area contributed by atoms with Crippen LogP contribution in [-0.4, -0.2) is 29.0 Å². The van der Waals surface area contributed by atoms with E-state index in [2.05, 4.69) is 28.1 Å². The van der Waals surface area contributed by atoms with E-state index in [0.717, 1.165) is 30.6 Å². The molecule has 1 fully saturated rings. The summed E-state index contributed by atoms with van der Waals surface area (Å²) in [5.74, 6) is 2.10. The normalized spacial score (nSPS) is 18.4. The fourth-order valence-corrected chi connectivity index (χ4v) is 2.81. The van der Waals surface area contributed by atoms with Crippen LogP contribution < -0.4 is 10.6 Å². The third-order valence-electron chi connectivity index (χ3n) is 3.17. The van der Waals surface area contributed by atoms with Gasteiger partial charge >= 0.3 is 0 Å². The summed E-state index contributed by atoms with van der Waals surface area (Å²) in [6.45, 7) is 7.24. The maximum atomic E-state index is 5.69. The molecular weight excluding hydrogens is 220 g/mol. The summed E-state index contributed by atoms with van der Waals surface area (Å²) in [6, 6.07) is 0. The van der Waals surface area contributed by atoms with Crippen molar-refractivity contribution in [1.29, 1.82) is 0 Å². The second-order valence-electron chi connectivity index (χ2n) is 4.76. The van der Waals surface area contributed by atoms with Crippen molar-refractivity contribution in [2.45, 2.75) is 32.6 Å². The zero-order valence-electron chi connectivity index (χ0n) is 10.0. The molecule has 0 aromatic carbocycles. The van der Waals surface area contributed by atoms with E-state index in [4.69, 9.17) is 5.73 Å². The summed E-state index contributed by atoms with van der Waals surface area (Å²) in [6.07, 6.45) is 2.38. The van der Waals surface area contributed by atoms with Gasteiger partial charge in [0.25, 0.3) is 0 Å². The van der Waals surface area contributed by atoms with Crippen LogP contribution in [0.2, 0.25) is 0 Å². The van der Waals surface area contributed by atoms with Crippen LogP contribution in [0.1, 0.15) is 38.4 Å². The van der Waals surface area contributed by atoms with Gasteiger partial charge in [-0.2, -0.15) is 4.37 Å². The number of rotatable bonds is 3. The summed E-state index contributed by atoms with van der Waals surface area (Å²) >= 11 is 1.53. The molecule has 2 rings (SSSR count). The van der Waals surface area contributed by atoms with Crippen LogP contribution in [0.5, 0.6) is 0 Å². The Morgan fingerprint density at radius 1 is 1.44 bits per heavy atom. The molecule has 0 unspecified atom stereocenters. The van der Waals surface area contributed by atoms with Crippen LogP contribution in [0.15, 0.2) is 0 Å². The van der Waals surface area contributed by atoms with Crippen molar-refractivity contribution < 1.29 is 0 Å². The predicted molar refractivity (Wildman–Crippen MR) is 68.0 cm³/mol. The Bertz CT molecular complexity index is 328. The van der Waals surface area contributed by atoms with E-state index in [0.29, 0.717) is 11.8 Å². The SMILES string of the molecule is CC(C)c1nsc(N2CCC(CN)CC2)n1. The van der Waals surface area contributed by atoms with Crippen molar-refractivity contribution in [3.05, 3.63) is 5.82 Å². The van der Waals surface area contributed by atoms with Crippen LogP contribution in [-0.2, 0) is 0 Å². The molecule has 2 heterocycles. The minimum Gasteiger partial charge on any atom is -0.347 e. The minimum atomic E-state index is 0.423. The summed E-state index contributed by atoms with van der Waals surface area (Å²) in [5.41, 5.74) is 5.69. The first kappa shape index (κ1) is 11.8. The third kappa shape index (κ3) is 2.52. The summed E-state index contributed by atoms with van der Waals surface area (Å²) in [7, 11) is 0. The van der Waals surface area contributed by atoms with E-state index < -0.39 is 0 Å². The van der Waals surface area contributed by atoms with Gasteiger partial charge in [-0.25, -0.2) is 4.98 Å². The molecule has 1 aliphatic rings. The molecule has 16 heavy (non-hydrogen) atoms. The number of hydrogen-bond donors (Lipinski definition) is 1. The Morgan fingerprint density at radius 3 is 2.62 bits per heavy atom. The molecule has 0 saturated carbocycles. The molecule has 0 radical (unpaired) electrons. The average molecular weight is 240 g/mol. The van der Waals surface area contributed by atoms with E-state index in [9.17, 15) is 0 Å². The fraction of sp³-hybridized carbons (Fsp3) is 0.818. The lowest BCUT2D eigenvalue weighted by molar-refractivity contribution is 0.414. The molecule has 1 aromatic heterocycles. The van der Waals surface area contributed by atoms with Gasteiger partial charge in [0.2, 0.25) is 5.13 Å². The molecule has 5 heteroatoms. The van der Waals surface area contributed by atoms with Crippen LogP contribution in [0, 0.1) is 5.92 Å². The van der Waals surface area contributed by atoms with Crippen molar-refractivity contribution in [3.8, 4) is 0 Å². The average Bonchev–Trinajstić information content (AvgIpc) is 2.78. The summed E-state index contributed by atoms with van der Waals surface area (Å²) in [5, 5.41) is 1.08. The van der Waals surface area contributed by atoms with Crippen LogP contribution >= 0.6 is 11.5 Å². The zero-order valence-corrected chi connectivity index (χ0v) is 10.8. The lowest BCUT2D eigenvalue weighted by atomic mass is 9.98. The van der Waals surface area contributed by atoms with Gasteiger partial charge in [0.05, 0.1) is 0 Å². The van der Waals surface area contributed by atoms with Gasteiger partial charge in [0.1, 0.15) is 5.82 Å². The Kier molecular flexibility index (Phi) is 3.76. The maximum absolute atomic E-state index is 5.69. The Morgan fingerprint density at radius 2 is 2.12 bits per heavy atom. The number of nitrogens with two attached hydrogens (primary N) is 1. The first-order chi connectivity index (χ1) is 7.70. The lowest BCUT2D eigenvalue weighted by Gasteiger charge is -2.30. The highest BCUT2D eigenvalue weighted by molar-refractivity contribution is 7.09. The van der Waals surface area contributed by atoms with Crippen molar-refractivity contribution in [3.63, 3.8) is 0 Å². The highest BCUT2D eigenvalue weighted by atomic mass is 32.1. The first-order valence-corrected chi connectivity index (χ1v) is 6.76. The molecule has 0 amide bonds. The predicted octanol–water partition coefficient (Wildman–Crippen LogP) is 1.84. The molecule has 1 aliphatic heterocycles. The Hall–Kier alpha value is -0.680. The summed E-state index contributed by atoms with van der Waals surface area (Å²) < 4.78 is 4.39. The summed E-state index contributed by atoms with van der Waals surface area (Å²) in [4.78, 5) is 6.93. The van der Waals surface area contributed by atoms with Crippen molar-refractivity contribution in [2.75, 3.05) is 24.5 Å². The number of hydrogen-bond acceptors (Lipinski definition) is 5. The third-order valence-corrected chi connectivity index (χ3v) is 3.96. The molecule has 0 bridgehead atoms. The molecule has 0 aliphatic carbocycles. The quantitative estimate of drug-likeness (QED) is 0.876. The molecule has 0 spiro atoms. The monoisotopic (exact) mass is 240 g/mol. The molecule has 0 atom stereocenters. The van der Waals surface area contributed by atoms with Gasteiger partial charge in [0.15, 0.2) is 0 Å². The van der Waals surface area contributed by atoms with E-state index in [-0.39, 0.29) is 0 Å². The highest BCUT2D eigenvalue weighted by Gasteiger charge is 2.21. The maximum Gasteiger partial charge on any atom is 0.205 e. The molecular formula is C11H20N4S. The standard InChI is InChI=1S/C11H20N4S/c1-8(2)10-13-11(16-14-10)15-5-3-9(7-12)4-6-15/h8-9H,3-7,12H2,1-2H3. The van der Waals surface area contributed by atoms with E-state index in [1.807, 2.05) is 0 Å². The van der Waals surface area contributed by atoms with E-state index >= 15 is 0 Å². The first-order valence-electron chi connectivity index (χ1n) is 5.99. The van der Waals surface area contributed by atoms with Gasteiger partial charge < -0.3 is 10.6 Å². The van der Waals surface area contributed by atoms with Crippen molar-refractivity contribution in [2.24, 2.45) is 11.7 Å². The second kappa shape index (κ2) is 5.10. The van der Waals surface area contributed by atoms with Crippen molar-refractivity contribution in [1.82, 2.24) is 9.36 Å². The number of aromatic nitrogens is 2. The molecule has 1 aromatic rings. The largest absolute Gasteiger partial charge is 0.347 e. The number of nitrogens with zero attached hydrogens (tertiary/aromatic N) is 3. The molecule has 4 nitrogen and oxygen atoms in total. The lowest BCUT2D eigenvalue weighted by Crippen LogP contribution is -2.36. The second-order valence-corrected chi connectivity index (χ2v) is 5.49. The molecule has 2 N–H and O–H groups in total. The Balaban J connectivity index is 1.97. The minimum absolute atomic E-state index is 0.423. The Labute approximate surface area is 101 Å². The number of piperidine rings is 1. The highest BCUT2D eigenvalue weighted by Crippen LogP contribution is 2.25. The fourth-order valence-electron chi connectivity index (χ4n) is 1.95. The van der Waals surface area contributed by atoms with Gasteiger partial charge in [-0.3, -0.25) is 0 Å². The smallest absolute Gasteiger partial charge is 0.205 e. The van der Waals surface area contributed by atoms with Crippen LogP contribution in [0.4, 0.5) is 5.13 Å². The van der Waals surface area contributed by atoms with Crippen molar-refractivity contribution >= 4 is 16.7 Å². The van der Waals surface area contributed by atoms with Gasteiger partial charge in [0, 0.05) is 30.5 Å². The van der Waals surface area contributed by atoms with Crippen LogP contribution in [0.3, 0.4) is 0 Å². The van der Waals surface area contributed by atoms with E-state index in [1.54, 1.807) is 0 Å². The van der Waals surface area contributed by atoms with Gasteiger partial charge in [-0.15, -0.1) is 0 Å². The van der Waals surface area contributed by atoms with Crippen LogP contribution in [0.25, 0.3) is 0 Å². The molecule has 90 valence electrons. The zero-order chi connectivity index (χ0) is 11.5. The van der Waals surface area contributed by atoms with E-state index in [1.165, 1.54) is 24.4 Å². The molecule has 1 saturated heterocycles.